The number of ether oxygens (including phenoxy) is 1. The van der Waals surface area contributed by atoms with E-state index in [1.807, 2.05) is 12.1 Å². The summed E-state index contributed by atoms with van der Waals surface area (Å²) in [7, 11) is 1.65. The minimum absolute atomic E-state index is 0.196. The molecule has 0 aliphatic carbocycles. The topological polar surface area (TPSA) is 161 Å². The second-order valence-corrected chi connectivity index (χ2v) is 8.08. The van der Waals surface area contributed by atoms with Gasteiger partial charge in [0.2, 0.25) is 0 Å². The number of aromatic carboxylic acids is 1. The summed E-state index contributed by atoms with van der Waals surface area (Å²) in [5.74, 6) is -0.219. The number of nitrogen functional groups attached to an aromatic ring is 1. The number of pyridine rings is 2. The Labute approximate surface area is 196 Å². The second kappa shape index (κ2) is 10.2. The van der Waals surface area contributed by atoms with Crippen molar-refractivity contribution in [3.05, 3.63) is 60.4 Å². The van der Waals surface area contributed by atoms with Gasteiger partial charge < -0.3 is 31.2 Å². The highest BCUT2D eigenvalue weighted by Gasteiger charge is 2.24. The van der Waals surface area contributed by atoms with Crippen LogP contribution < -0.4 is 21.1 Å². The summed E-state index contributed by atoms with van der Waals surface area (Å²) in [6.07, 6.45) is 11.9. The van der Waals surface area contributed by atoms with Gasteiger partial charge in [-0.3, -0.25) is 9.67 Å². The first kappa shape index (κ1) is 23.1. The fourth-order valence-corrected chi connectivity index (χ4v) is 4.00. The Morgan fingerprint density at radius 3 is 2.79 bits per heavy atom. The Bertz CT molecular complexity index is 1250. The van der Waals surface area contributed by atoms with E-state index in [0.29, 0.717) is 12.2 Å². The number of methoxy groups -OCH3 is 1. The average Bonchev–Trinajstić information content (AvgIpc) is 3.46. The van der Waals surface area contributed by atoms with E-state index in [4.69, 9.17) is 21.3 Å². The van der Waals surface area contributed by atoms with Crippen LogP contribution in [-0.2, 0) is 6.54 Å². The molecule has 1 atom stereocenters. The molecule has 0 spiro atoms. The number of H-pyrrole nitrogens is 1. The molecule has 178 valence electrons. The van der Waals surface area contributed by atoms with Gasteiger partial charge in [0.1, 0.15) is 5.65 Å². The van der Waals surface area contributed by atoms with Gasteiger partial charge in [0.05, 0.1) is 48.4 Å². The first-order chi connectivity index (χ1) is 16.5. The van der Waals surface area contributed by atoms with E-state index in [-0.39, 0.29) is 11.6 Å². The molecule has 1 aliphatic rings. The number of nitrogens with zero attached hydrogens (tertiary/aromatic N) is 5. The molecule has 1 fully saturated rings. The number of carboxylic acids is 1. The Hall–Kier alpha value is -4.12. The maximum Gasteiger partial charge on any atom is 0.338 e. The zero-order valence-electron chi connectivity index (χ0n) is 18.9. The van der Waals surface area contributed by atoms with Gasteiger partial charge in [0.25, 0.3) is 0 Å². The predicted molar refractivity (Wildman–Crippen MR) is 129 cm³/mol. The zero-order chi connectivity index (χ0) is 24.1. The van der Waals surface area contributed by atoms with Crippen molar-refractivity contribution in [3.63, 3.8) is 0 Å². The molecule has 6 N–H and O–H groups in total. The summed E-state index contributed by atoms with van der Waals surface area (Å²) in [6, 6.07) is 3.92. The number of nitrogens with two attached hydrogens (primary N) is 2. The Balaban J connectivity index is 0.000000166. The van der Waals surface area contributed by atoms with Crippen molar-refractivity contribution < 1.29 is 14.6 Å². The third-order valence-corrected chi connectivity index (χ3v) is 5.64. The van der Waals surface area contributed by atoms with Crippen molar-refractivity contribution in [2.75, 3.05) is 30.8 Å². The quantitative estimate of drug-likeness (QED) is 0.346. The molecule has 1 aliphatic heterocycles. The van der Waals surface area contributed by atoms with Crippen molar-refractivity contribution in [1.29, 1.82) is 0 Å². The van der Waals surface area contributed by atoms with E-state index >= 15 is 0 Å². The van der Waals surface area contributed by atoms with Crippen LogP contribution in [0.2, 0.25) is 0 Å². The van der Waals surface area contributed by atoms with Crippen molar-refractivity contribution >= 4 is 28.4 Å². The van der Waals surface area contributed by atoms with Gasteiger partial charge in [-0.25, -0.2) is 9.78 Å². The highest BCUT2D eigenvalue weighted by Crippen LogP contribution is 2.39. The van der Waals surface area contributed by atoms with E-state index in [1.54, 1.807) is 36.6 Å². The van der Waals surface area contributed by atoms with Crippen LogP contribution in [0.5, 0.6) is 5.75 Å². The largest absolute Gasteiger partial charge is 0.493 e. The van der Waals surface area contributed by atoms with E-state index < -0.39 is 5.97 Å². The molecule has 0 unspecified atom stereocenters. The van der Waals surface area contributed by atoms with Gasteiger partial charge in [-0.2, -0.15) is 5.10 Å². The minimum Gasteiger partial charge on any atom is -0.493 e. The Kier molecular flexibility index (Phi) is 6.93. The molecule has 5 rings (SSSR count). The first-order valence-corrected chi connectivity index (χ1v) is 10.9. The van der Waals surface area contributed by atoms with E-state index in [2.05, 4.69) is 25.0 Å². The summed E-state index contributed by atoms with van der Waals surface area (Å²) in [5, 5.41) is 13.6. The fourth-order valence-electron chi connectivity index (χ4n) is 4.00. The van der Waals surface area contributed by atoms with Crippen molar-refractivity contribution in [3.8, 4) is 5.75 Å². The lowest BCUT2D eigenvalue weighted by Crippen LogP contribution is -2.43. The van der Waals surface area contributed by atoms with Crippen LogP contribution in [-0.4, -0.2) is 62.0 Å². The maximum atomic E-state index is 10.6. The number of hydrogen-bond donors (Lipinski definition) is 4. The van der Waals surface area contributed by atoms with E-state index in [1.165, 1.54) is 12.4 Å². The summed E-state index contributed by atoms with van der Waals surface area (Å²) in [6.45, 7) is 2.34. The number of aromatic nitrogens is 5. The van der Waals surface area contributed by atoms with Crippen LogP contribution in [0.4, 0.5) is 11.4 Å². The van der Waals surface area contributed by atoms with Gasteiger partial charge in [-0.1, -0.05) is 0 Å². The van der Waals surface area contributed by atoms with Crippen molar-refractivity contribution in [1.82, 2.24) is 24.7 Å². The molecule has 4 aromatic heterocycles. The van der Waals surface area contributed by atoms with Gasteiger partial charge in [0, 0.05) is 43.9 Å². The molecule has 11 nitrogen and oxygen atoms in total. The summed E-state index contributed by atoms with van der Waals surface area (Å²) in [4.78, 5) is 24.2. The number of carboxylic acid groups (broad SMARTS) is 1. The molecule has 5 heterocycles. The lowest BCUT2D eigenvalue weighted by atomic mass is 10.0. The number of nitrogens with one attached hydrogen (secondary N) is 1. The van der Waals surface area contributed by atoms with Crippen LogP contribution >= 0.6 is 0 Å². The number of anilines is 2. The first-order valence-electron chi connectivity index (χ1n) is 10.9. The highest BCUT2D eigenvalue weighted by atomic mass is 16.5. The molecule has 34 heavy (non-hydrogen) atoms. The molecule has 0 bridgehead atoms. The molecule has 0 aromatic carbocycles. The monoisotopic (exact) mass is 464 g/mol. The lowest BCUT2D eigenvalue weighted by molar-refractivity contribution is 0.0696. The number of rotatable bonds is 5. The second-order valence-electron chi connectivity index (χ2n) is 8.08. The predicted octanol–water partition coefficient (Wildman–Crippen LogP) is 2.11. The maximum absolute atomic E-state index is 10.6. The van der Waals surface area contributed by atoms with Gasteiger partial charge in [-0.05, 0) is 30.5 Å². The van der Waals surface area contributed by atoms with E-state index in [0.717, 1.165) is 54.0 Å². The number of hydrogen-bond acceptors (Lipinski definition) is 8. The zero-order valence-corrected chi connectivity index (χ0v) is 18.9. The Morgan fingerprint density at radius 2 is 2.12 bits per heavy atom. The van der Waals surface area contributed by atoms with Gasteiger partial charge in [-0.15, -0.1) is 0 Å². The van der Waals surface area contributed by atoms with Crippen LogP contribution in [0.25, 0.3) is 11.0 Å². The molecule has 4 aromatic rings. The number of fused-ring (bicyclic) bond motifs is 1. The standard InChI is InChI=1S/C13H19N5O.C10H9N3O2/c1-19-10-6-17-13-11(9(15)5-16-13)12(10)18-4-2-3-8(14)7-18;14-10(15)9-5-12-13(7-9)6-8-1-3-11-4-2-8/h5-6,8H,2-4,7,14-15H2,1H3,(H,16,17);1-5,7H,6H2,(H,14,15)/t8-;/m1./s1. The number of aromatic amines is 1. The summed E-state index contributed by atoms with van der Waals surface area (Å²) < 4.78 is 7.03. The normalized spacial score (nSPS) is 15.6. The van der Waals surface area contributed by atoms with Crippen LogP contribution in [0, 0.1) is 0 Å². The van der Waals surface area contributed by atoms with Crippen LogP contribution in [0.3, 0.4) is 0 Å². The third-order valence-electron chi connectivity index (χ3n) is 5.64. The smallest absolute Gasteiger partial charge is 0.338 e. The number of carbonyl (C=O) groups is 1. The van der Waals surface area contributed by atoms with Gasteiger partial charge >= 0.3 is 5.97 Å². The third kappa shape index (κ3) is 5.09. The molecular formula is C23H28N8O3. The molecule has 0 radical (unpaired) electrons. The van der Waals surface area contributed by atoms with Crippen LogP contribution in [0.15, 0.2) is 49.3 Å². The molecule has 0 amide bonds. The van der Waals surface area contributed by atoms with E-state index in [9.17, 15) is 4.79 Å². The average molecular weight is 465 g/mol. The number of piperidine rings is 1. The summed E-state index contributed by atoms with van der Waals surface area (Å²) in [5.41, 5.74) is 15.8. The SMILES string of the molecule is COc1cnc2[nH]cc(N)c2c1N1CCC[C@@H](N)C1.O=C(O)c1cnn(Cc2ccncc2)c1. The molecule has 11 heteroatoms. The summed E-state index contributed by atoms with van der Waals surface area (Å²) >= 11 is 0. The molecule has 0 saturated carbocycles. The minimum atomic E-state index is -0.962. The fraction of sp³-hybridized carbons (Fsp3) is 0.304. The van der Waals surface area contributed by atoms with Crippen molar-refractivity contribution in [2.24, 2.45) is 5.73 Å². The Morgan fingerprint density at radius 1 is 1.32 bits per heavy atom. The van der Waals surface area contributed by atoms with Crippen LogP contribution in [0.1, 0.15) is 28.8 Å². The lowest BCUT2D eigenvalue weighted by Gasteiger charge is -2.33. The van der Waals surface area contributed by atoms with Crippen molar-refractivity contribution in [2.45, 2.75) is 25.4 Å². The van der Waals surface area contributed by atoms with Gasteiger partial charge in [0.15, 0.2) is 5.75 Å². The molecular weight excluding hydrogens is 436 g/mol. The highest BCUT2D eigenvalue weighted by molar-refractivity contribution is 6.02. The molecule has 1 saturated heterocycles.